The number of carboxylic acids is 1. The first-order chi connectivity index (χ1) is 7.10. The molecule has 2 N–H and O–H groups in total. The number of carboxylic acid groups (broad SMARTS) is 1. The maximum Gasteiger partial charge on any atom is 0.312 e. The van der Waals surface area contributed by atoms with Gasteiger partial charge in [0.2, 0.25) is 0 Å². The van der Waals surface area contributed by atoms with E-state index in [-0.39, 0.29) is 5.17 Å². The van der Waals surface area contributed by atoms with Crippen LogP contribution in [0.1, 0.15) is 13.3 Å². The lowest BCUT2D eigenvalue weighted by Gasteiger charge is -2.07. The van der Waals surface area contributed by atoms with Gasteiger partial charge in [-0.05, 0) is 6.42 Å². The molecule has 0 fully saturated rings. The number of rotatable bonds is 4. The van der Waals surface area contributed by atoms with Gasteiger partial charge < -0.3 is 5.11 Å². The van der Waals surface area contributed by atoms with Crippen LogP contribution in [0.3, 0.4) is 0 Å². The monoisotopic (exact) mass is 231 g/mol. The Balaban J connectivity index is 2.84. The van der Waals surface area contributed by atoms with Crippen molar-refractivity contribution in [2.75, 3.05) is 12.9 Å². The van der Waals surface area contributed by atoms with Crippen LogP contribution < -0.4 is 0 Å². The molecule has 0 aromatic heterocycles. The van der Waals surface area contributed by atoms with E-state index in [4.69, 9.17) is 10.5 Å². The maximum atomic E-state index is 10.9. The molecule has 2 unspecified atom stereocenters. The SMILES string of the molecule is CCC(C(=O)O)C1=NC(=N)S(=NOC)C1. The smallest absolute Gasteiger partial charge is 0.312 e. The Labute approximate surface area is 89.9 Å². The molecule has 2 atom stereocenters. The summed E-state index contributed by atoms with van der Waals surface area (Å²) in [7, 11) is 0.688. The lowest BCUT2D eigenvalue weighted by molar-refractivity contribution is -0.139. The summed E-state index contributed by atoms with van der Waals surface area (Å²) in [6.07, 6.45) is 0.478. The number of hydrogen-bond acceptors (Lipinski definition) is 4. The van der Waals surface area contributed by atoms with Crippen LogP contribution in [0.15, 0.2) is 9.52 Å². The first-order valence-corrected chi connectivity index (χ1v) is 5.79. The van der Waals surface area contributed by atoms with Gasteiger partial charge in [0.15, 0.2) is 5.17 Å². The molecule has 6 nitrogen and oxygen atoms in total. The van der Waals surface area contributed by atoms with Crippen molar-refractivity contribution in [1.82, 2.24) is 0 Å². The average Bonchev–Trinajstić information content (AvgIpc) is 2.49. The number of aliphatic carboxylic acids is 1. The van der Waals surface area contributed by atoms with Gasteiger partial charge in [0, 0.05) is 16.4 Å². The third-order valence-corrected chi connectivity index (χ3v) is 3.46. The van der Waals surface area contributed by atoms with Crippen molar-refractivity contribution in [3.05, 3.63) is 0 Å². The van der Waals surface area contributed by atoms with Crippen LogP contribution in [0.2, 0.25) is 0 Å². The van der Waals surface area contributed by atoms with Crippen LogP contribution >= 0.6 is 0 Å². The highest BCUT2D eigenvalue weighted by atomic mass is 32.2. The second-order valence-electron chi connectivity index (χ2n) is 2.97. The summed E-state index contributed by atoms with van der Waals surface area (Å²) in [6.45, 7) is 1.79. The molecule has 0 aromatic carbocycles. The summed E-state index contributed by atoms with van der Waals surface area (Å²) in [4.78, 5) is 19.4. The largest absolute Gasteiger partial charge is 0.481 e. The summed E-state index contributed by atoms with van der Waals surface area (Å²) in [6, 6.07) is 0. The van der Waals surface area contributed by atoms with Gasteiger partial charge in [0.1, 0.15) is 0 Å². The van der Waals surface area contributed by atoms with Crippen LogP contribution in [0.4, 0.5) is 0 Å². The van der Waals surface area contributed by atoms with Crippen molar-refractivity contribution in [2.24, 2.45) is 15.4 Å². The zero-order chi connectivity index (χ0) is 11.4. The quantitative estimate of drug-likeness (QED) is 0.702. The second kappa shape index (κ2) is 5.13. The predicted molar refractivity (Wildman–Crippen MR) is 58.2 cm³/mol. The van der Waals surface area contributed by atoms with Crippen molar-refractivity contribution < 1.29 is 14.7 Å². The van der Waals surface area contributed by atoms with Gasteiger partial charge in [-0.15, -0.1) is 4.53 Å². The molecule has 15 heavy (non-hydrogen) atoms. The zero-order valence-electron chi connectivity index (χ0n) is 8.56. The average molecular weight is 231 g/mol. The topological polar surface area (TPSA) is 95.1 Å². The van der Waals surface area contributed by atoms with Crippen molar-refractivity contribution in [2.45, 2.75) is 13.3 Å². The molecule has 0 radical (unpaired) electrons. The molecule has 84 valence electrons. The Morgan fingerprint density at radius 2 is 2.53 bits per heavy atom. The van der Waals surface area contributed by atoms with Crippen molar-refractivity contribution in [1.29, 1.82) is 5.41 Å². The van der Waals surface area contributed by atoms with E-state index < -0.39 is 22.6 Å². The van der Waals surface area contributed by atoms with E-state index in [0.29, 0.717) is 17.9 Å². The van der Waals surface area contributed by atoms with Crippen LogP contribution in [-0.2, 0) is 20.3 Å². The van der Waals surface area contributed by atoms with Gasteiger partial charge in [-0.1, -0.05) is 6.92 Å². The van der Waals surface area contributed by atoms with E-state index in [0.717, 1.165) is 0 Å². The number of nitrogens with one attached hydrogen (secondary N) is 1. The third-order valence-electron chi connectivity index (χ3n) is 2.03. The summed E-state index contributed by atoms with van der Waals surface area (Å²) in [5.41, 5.74) is 0.527. The van der Waals surface area contributed by atoms with Gasteiger partial charge in [-0.25, -0.2) is 9.83 Å². The van der Waals surface area contributed by atoms with Gasteiger partial charge in [-0.2, -0.15) is 0 Å². The van der Waals surface area contributed by atoms with Crippen LogP contribution in [0.5, 0.6) is 0 Å². The first-order valence-electron chi connectivity index (χ1n) is 4.44. The first kappa shape index (κ1) is 12.0. The van der Waals surface area contributed by atoms with E-state index >= 15 is 0 Å². The molecule has 7 heteroatoms. The van der Waals surface area contributed by atoms with Crippen molar-refractivity contribution in [3.8, 4) is 0 Å². The Morgan fingerprint density at radius 1 is 1.87 bits per heavy atom. The maximum absolute atomic E-state index is 10.9. The van der Waals surface area contributed by atoms with Crippen molar-refractivity contribution >= 4 is 27.5 Å². The van der Waals surface area contributed by atoms with E-state index in [9.17, 15) is 4.79 Å². The molecule has 0 saturated carbocycles. The Morgan fingerprint density at radius 3 is 3.00 bits per heavy atom. The highest BCUT2D eigenvalue weighted by Gasteiger charge is 2.28. The molecule has 1 heterocycles. The minimum atomic E-state index is -0.896. The number of carbonyl (C=O) groups is 1. The Hall–Kier alpha value is -1.08. The molecule has 0 aliphatic carbocycles. The highest BCUT2D eigenvalue weighted by Crippen LogP contribution is 2.15. The summed E-state index contributed by atoms with van der Waals surface area (Å²) in [5, 5.41) is 16.5. The molecule has 0 aromatic rings. The minimum Gasteiger partial charge on any atom is -0.481 e. The third kappa shape index (κ3) is 2.69. The fourth-order valence-corrected chi connectivity index (χ4v) is 2.52. The molecular formula is C8H13N3O3S. The number of nitrogens with zero attached hydrogens (tertiary/aromatic N) is 2. The summed E-state index contributed by atoms with van der Waals surface area (Å²) < 4.78 is 3.73. The normalized spacial score (nSPS) is 22.9. The molecule has 1 aliphatic rings. The molecule has 1 rings (SSSR count). The lowest BCUT2D eigenvalue weighted by atomic mass is 10.0. The number of amidine groups is 1. The highest BCUT2D eigenvalue weighted by molar-refractivity contribution is 8.03. The fourth-order valence-electron chi connectivity index (χ4n) is 1.31. The Kier molecular flexibility index (Phi) is 4.10. The van der Waals surface area contributed by atoms with Crippen LogP contribution in [0.25, 0.3) is 0 Å². The lowest BCUT2D eigenvalue weighted by Crippen LogP contribution is -2.24. The number of hydrogen-bond donors (Lipinski definition) is 2. The zero-order valence-corrected chi connectivity index (χ0v) is 9.37. The van der Waals surface area contributed by atoms with E-state index in [1.807, 2.05) is 0 Å². The molecule has 0 bridgehead atoms. The van der Waals surface area contributed by atoms with E-state index in [2.05, 4.69) is 14.4 Å². The molecule has 0 amide bonds. The minimum absolute atomic E-state index is 0.103. The summed E-state index contributed by atoms with van der Waals surface area (Å²) in [5.74, 6) is -1.10. The second-order valence-corrected chi connectivity index (χ2v) is 4.53. The molecule has 1 aliphatic heterocycles. The molecule has 0 saturated heterocycles. The van der Waals surface area contributed by atoms with Gasteiger partial charge in [0.25, 0.3) is 0 Å². The van der Waals surface area contributed by atoms with Gasteiger partial charge >= 0.3 is 5.97 Å². The molecular weight excluding hydrogens is 218 g/mol. The summed E-state index contributed by atoms with van der Waals surface area (Å²) >= 11 is 0. The predicted octanol–water partition coefficient (Wildman–Crippen LogP) is 0.850. The Bertz CT molecular complexity index is 351. The molecule has 0 spiro atoms. The van der Waals surface area contributed by atoms with Gasteiger partial charge in [0.05, 0.1) is 18.8 Å². The standard InChI is InChI=1S/C8H13N3O3S/c1-3-5(7(12)13)6-4-15(11-14-2)8(9)10-6/h5,9H,3-4H2,1-2H3,(H,12,13). The number of aliphatic imine (C=N–C) groups is 1. The van der Waals surface area contributed by atoms with Gasteiger partial charge in [-0.3, -0.25) is 10.2 Å². The van der Waals surface area contributed by atoms with E-state index in [1.165, 1.54) is 7.11 Å². The van der Waals surface area contributed by atoms with Crippen molar-refractivity contribution in [3.63, 3.8) is 0 Å². The van der Waals surface area contributed by atoms with Crippen LogP contribution in [-0.4, -0.2) is 34.8 Å². The van der Waals surface area contributed by atoms with Crippen LogP contribution in [0, 0.1) is 11.3 Å². The fraction of sp³-hybridized carbons (Fsp3) is 0.625. The van der Waals surface area contributed by atoms with E-state index in [1.54, 1.807) is 6.92 Å².